The van der Waals surface area contributed by atoms with Crippen molar-refractivity contribution in [3.8, 4) is 10.6 Å². The first-order chi connectivity index (χ1) is 6.79. The summed E-state index contributed by atoms with van der Waals surface area (Å²) in [5.74, 6) is -0.252. The Labute approximate surface area is 84.4 Å². The molecule has 0 atom stereocenters. The molecular formula is C9H8FN3S. The SMILES string of the molecule is NCc1nnc(-c2ccc(F)cc2)s1. The second-order valence-electron chi connectivity index (χ2n) is 2.71. The van der Waals surface area contributed by atoms with Crippen molar-refractivity contribution in [2.24, 2.45) is 5.73 Å². The quantitative estimate of drug-likeness (QED) is 0.820. The summed E-state index contributed by atoms with van der Waals surface area (Å²) in [5, 5.41) is 9.39. The fourth-order valence-electron chi connectivity index (χ4n) is 1.05. The van der Waals surface area contributed by atoms with Gasteiger partial charge in [0, 0.05) is 12.1 Å². The molecule has 0 aliphatic carbocycles. The van der Waals surface area contributed by atoms with Crippen LogP contribution in [0.3, 0.4) is 0 Å². The summed E-state index contributed by atoms with van der Waals surface area (Å²) in [4.78, 5) is 0. The van der Waals surface area contributed by atoms with Crippen molar-refractivity contribution in [1.82, 2.24) is 10.2 Å². The van der Waals surface area contributed by atoms with E-state index in [0.717, 1.165) is 15.6 Å². The molecule has 2 N–H and O–H groups in total. The summed E-state index contributed by atoms with van der Waals surface area (Å²) in [6.45, 7) is 0.388. The van der Waals surface area contributed by atoms with Crippen LogP contribution in [-0.2, 0) is 6.54 Å². The highest BCUT2D eigenvalue weighted by atomic mass is 32.1. The lowest BCUT2D eigenvalue weighted by atomic mass is 10.2. The van der Waals surface area contributed by atoms with Crippen LogP contribution in [-0.4, -0.2) is 10.2 Å². The molecule has 72 valence electrons. The normalized spacial score (nSPS) is 10.4. The molecule has 0 radical (unpaired) electrons. The Morgan fingerprint density at radius 2 is 1.93 bits per heavy atom. The first-order valence-corrected chi connectivity index (χ1v) is 4.89. The Hall–Kier alpha value is -1.33. The van der Waals surface area contributed by atoms with E-state index in [-0.39, 0.29) is 5.82 Å². The highest BCUT2D eigenvalue weighted by molar-refractivity contribution is 7.14. The van der Waals surface area contributed by atoms with E-state index >= 15 is 0 Å². The van der Waals surface area contributed by atoms with Crippen molar-refractivity contribution in [3.63, 3.8) is 0 Å². The number of rotatable bonds is 2. The third-order valence-corrected chi connectivity index (χ3v) is 2.73. The summed E-state index contributed by atoms with van der Waals surface area (Å²) in [6.07, 6.45) is 0. The van der Waals surface area contributed by atoms with E-state index in [9.17, 15) is 4.39 Å². The van der Waals surface area contributed by atoms with E-state index in [1.54, 1.807) is 12.1 Å². The van der Waals surface area contributed by atoms with Gasteiger partial charge in [0.2, 0.25) is 0 Å². The van der Waals surface area contributed by atoms with Gasteiger partial charge in [-0.15, -0.1) is 10.2 Å². The van der Waals surface area contributed by atoms with Gasteiger partial charge in [0.25, 0.3) is 0 Å². The fourth-order valence-corrected chi connectivity index (χ4v) is 1.77. The van der Waals surface area contributed by atoms with Gasteiger partial charge in [0.1, 0.15) is 15.8 Å². The lowest BCUT2D eigenvalue weighted by molar-refractivity contribution is 0.628. The van der Waals surface area contributed by atoms with Gasteiger partial charge in [0.15, 0.2) is 0 Å². The van der Waals surface area contributed by atoms with Crippen molar-refractivity contribution < 1.29 is 4.39 Å². The van der Waals surface area contributed by atoms with Crippen molar-refractivity contribution in [3.05, 3.63) is 35.1 Å². The first-order valence-electron chi connectivity index (χ1n) is 4.08. The third-order valence-electron chi connectivity index (χ3n) is 1.73. The van der Waals surface area contributed by atoms with Crippen LogP contribution in [0.2, 0.25) is 0 Å². The molecule has 0 bridgehead atoms. The molecular weight excluding hydrogens is 201 g/mol. The predicted octanol–water partition coefficient (Wildman–Crippen LogP) is 1.80. The van der Waals surface area contributed by atoms with Gasteiger partial charge in [-0.2, -0.15) is 0 Å². The van der Waals surface area contributed by atoms with Crippen molar-refractivity contribution >= 4 is 11.3 Å². The number of nitrogens with zero attached hydrogens (tertiary/aromatic N) is 2. The van der Waals surface area contributed by atoms with Gasteiger partial charge >= 0.3 is 0 Å². The average Bonchev–Trinajstić information content (AvgIpc) is 2.67. The molecule has 1 aromatic heterocycles. The number of hydrogen-bond donors (Lipinski definition) is 1. The van der Waals surface area contributed by atoms with Crippen LogP contribution in [0.15, 0.2) is 24.3 Å². The molecule has 2 rings (SSSR count). The van der Waals surface area contributed by atoms with E-state index in [2.05, 4.69) is 10.2 Å². The summed E-state index contributed by atoms with van der Waals surface area (Å²) >= 11 is 1.42. The molecule has 0 fully saturated rings. The molecule has 0 aliphatic rings. The number of benzene rings is 1. The number of halogens is 1. The zero-order chi connectivity index (χ0) is 9.97. The smallest absolute Gasteiger partial charge is 0.147 e. The van der Waals surface area contributed by atoms with Gasteiger partial charge in [0.05, 0.1) is 0 Å². The molecule has 0 spiro atoms. The van der Waals surface area contributed by atoms with E-state index in [4.69, 9.17) is 5.73 Å². The number of aromatic nitrogens is 2. The highest BCUT2D eigenvalue weighted by Crippen LogP contribution is 2.23. The lowest BCUT2D eigenvalue weighted by Gasteiger charge is -1.93. The first kappa shape index (κ1) is 9.23. The maximum atomic E-state index is 12.6. The maximum absolute atomic E-state index is 12.6. The van der Waals surface area contributed by atoms with Gasteiger partial charge < -0.3 is 5.73 Å². The molecule has 0 aliphatic heterocycles. The van der Waals surface area contributed by atoms with Gasteiger partial charge in [-0.25, -0.2) is 4.39 Å². The highest BCUT2D eigenvalue weighted by Gasteiger charge is 2.04. The predicted molar refractivity (Wildman–Crippen MR) is 53.2 cm³/mol. The second-order valence-corrected chi connectivity index (χ2v) is 3.77. The standard InChI is InChI=1S/C9H8FN3S/c10-7-3-1-6(2-4-7)9-13-12-8(5-11)14-9/h1-4H,5,11H2. The minimum absolute atomic E-state index is 0.252. The van der Waals surface area contributed by atoms with Gasteiger partial charge in [-0.05, 0) is 24.3 Å². The Bertz CT molecular complexity index is 424. The molecule has 14 heavy (non-hydrogen) atoms. The molecule has 0 saturated heterocycles. The minimum Gasteiger partial charge on any atom is -0.324 e. The fraction of sp³-hybridized carbons (Fsp3) is 0.111. The zero-order valence-electron chi connectivity index (χ0n) is 7.27. The van der Waals surface area contributed by atoms with Crippen LogP contribution in [0, 0.1) is 5.82 Å². The molecule has 1 aromatic carbocycles. The minimum atomic E-state index is -0.252. The Morgan fingerprint density at radius 3 is 2.50 bits per heavy atom. The largest absolute Gasteiger partial charge is 0.324 e. The van der Waals surface area contributed by atoms with Crippen LogP contribution < -0.4 is 5.73 Å². The van der Waals surface area contributed by atoms with Crippen LogP contribution in [0.5, 0.6) is 0 Å². The Kier molecular flexibility index (Phi) is 2.51. The third kappa shape index (κ3) is 1.78. The summed E-state index contributed by atoms with van der Waals surface area (Å²) < 4.78 is 12.6. The molecule has 0 unspecified atom stereocenters. The van der Waals surface area contributed by atoms with Gasteiger partial charge in [-0.1, -0.05) is 11.3 Å². The van der Waals surface area contributed by atoms with E-state index < -0.39 is 0 Å². The summed E-state index contributed by atoms with van der Waals surface area (Å²) in [7, 11) is 0. The molecule has 1 heterocycles. The molecule has 5 heteroatoms. The van der Waals surface area contributed by atoms with Crippen molar-refractivity contribution in [1.29, 1.82) is 0 Å². The van der Waals surface area contributed by atoms with Gasteiger partial charge in [-0.3, -0.25) is 0 Å². The Morgan fingerprint density at radius 1 is 1.21 bits per heavy atom. The van der Waals surface area contributed by atoms with Crippen LogP contribution in [0.4, 0.5) is 4.39 Å². The monoisotopic (exact) mass is 209 g/mol. The summed E-state index contributed by atoms with van der Waals surface area (Å²) in [5.41, 5.74) is 6.28. The van der Waals surface area contributed by atoms with Crippen molar-refractivity contribution in [2.45, 2.75) is 6.54 Å². The Balaban J connectivity index is 2.34. The molecule has 3 nitrogen and oxygen atoms in total. The summed E-state index contributed by atoms with van der Waals surface area (Å²) in [6, 6.07) is 6.16. The zero-order valence-corrected chi connectivity index (χ0v) is 8.09. The average molecular weight is 209 g/mol. The second kappa shape index (κ2) is 3.81. The van der Waals surface area contributed by atoms with E-state index in [1.807, 2.05) is 0 Å². The van der Waals surface area contributed by atoms with E-state index in [1.165, 1.54) is 23.5 Å². The topological polar surface area (TPSA) is 51.8 Å². The lowest BCUT2D eigenvalue weighted by Crippen LogP contribution is -1.94. The molecule has 0 amide bonds. The number of hydrogen-bond acceptors (Lipinski definition) is 4. The number of nitrogens with two attached hydrogens (primary N) is 1. The van der Waals surface area contributed by atoms with E-state index in [0.29, 0.717) is 6.54 Å². The molecule has 2 aromatic rings. The van der Waals surface area contributed by atoms with Crippen molar-refractivity contribution in [2.75, 3.05) is 0 Å². The van der Waals surface area contributed by atoms with Crippen LogP contribution in [0.1, 0.15) is 5.01 Å². The van der Waals surface area contributed by atoms with Crippen LogP contribution >= 0.6 is 11.3 Å². The molecule has 0 saturated carbocycles. The maximum Gasteiger partial charge on any atom is 0.147 e. The van der Waals surface area contributed by atoms with Crippen LogP contribution in [0.25, 0.3) is 10.6 Å².